The van der Waals surface area contributed by atoms with E-state index >= 15 is 0 Å². The predicted octanol–water partition coefficient (Wildman–Crippen LogP) is 2.63. The van der Waals surface area contributed by atoms with Crippen LogP contribution in [0.1, 0.15) is 11.3 Å². The third-order valence-corrected chi connectivity index (χ3v) is 2.12. The van der Waals surface area contributed by atoms with Gasteiger partial charge in [-0.3, -0.25) is 0 Å². The molecule has 4 nitrogen and oxygen atoms in total. The predicted molar refractivity (Wildman–Crippen MR) is 58.2 cm³/mol. The zero-order chi connectivity index (χ0) is 11.4. The second kappa shape index (κ2) is 4.32. The lowest BCUT2D eigenvalue weighted by Crippen LogP contribution is -1.81. The minimum atomic E-state index is 0.435. The van der Waals surface area contributed by atoms with Crippen LogP contribution in [0.4, 0.5) is 0 Å². The summed E-state index contributed by atoms with van der Waals surface area (Å²) < 4.78 is 5.39. The van der Waals surface area contributed by atoms with Crippen LogP contribution in [-0.2, 0) is 0 Å². The molecule has 0 fully saturated rings. The van der Waals surface area contributed by atoms with Crippen molar-refractivity contribution in [2.24, 2.45) is 5.16 Å². The lowest BCUT2D eigenvalue weighted by atomic mass is 10.1. The summed E-state index contributed by atoms with van der Waals surface area (Å²) in [7, 11) is 0. The van der Waals surface area contributed by atoms with Crippen LogP contribution in [0.2, 0.25) is 0 Å². The van der Waals surface area contributed by atoms with Gasteiger partial charge >= 0.3 is 0 Å². The van der Waals surface area contributed by atoms with Gasteiger partial charge in [-0.1, -0.05) is 17.3 Å². The van der Waals surface area contributed by atoms with E-state index < -0.39 is 0 Å². The zero-order valence-electron chi connectivity index (χ0n) is 8.29. The summed E-state index contributed by atoms with van der Waals surface area (Å²) in [5.74, 6) is 1.01. The van der Waals surface area contributed by atoms with Gasteiger partial charge in [0, 0.05) is 5.56 Å². The Kier molecular flexibility index (Phi) is 2.70. The molecular weight excluding hydrogens is 204 g/mol. The van der Waals surface area contributed by atoms with Crippen molar-refractivity contribution in [2.45, 2.75) is 0 Å². The molecule has 0 aliphatic rings. The summed E-state index contributed by atoms with van der Waals surface area (Å²) in [6.45, 7) is 0. The highest BCUT2D eigenvalue weighted by Crippen LogP contribution is 2.24. The molecule has 16 heavy (non-hydrogen) atoms. The van der Waals surface area contributed by atoms with Crippen molar-refractivity contribution in [3.63, 3.8) is 0 Å². The van der Waals surface area contributed by atoms with Gasteiger partial charge in [-0.15, -0.1) is 0 Å². The monoisotopic (exact) mass is 212 g/mol. The Bertz CT molecular complexity index is 564. The number of oxime groups is 1. The Morgan fingerprint density at radius 3 is 2.81 bits per heavy atom. The number of hydrogen-bond acceptors (Lipinski definition) is 4. The van der Waals surface area contributed by atoms with Crippen LogP contribution in [0.15, 0.2) is 46.0 Å². The molecule has 1 aromatic carbocycles. The number of nitriles is 1. The van der Waals surface area contributed by atoms with Crippen molar-refractivity contribution in [3.8, 4) is 17.4 Å². The topological polar surface area (TPSA) is 69.5 Å². The van der Waals surface area contributed by atoms with Crippen molar-refractivity contribution in [1.82, 2.24) is 0 Å². The largest absolute Gasteiger partial charge is 0.455 e. The van der Waals surface area contributed by atoms with E-state index in [9.17, 15) is 0 Å². The maximum absolute atomic E-state index is 8.93. The second-order valence-electron chi connectivity index (χ2n) is 3.10. The maximum Gasteiger partial charge on any atom is 0.149 e. The fraction of sp³-hybridized carbons (Fsp3) is 0. The van der Waals surface area contributed by atoms with Crippen LogP contribution in [0.3, 0.4) is 0 Å². The quantitative estimate of drug-likeness (QED) is 0.472. The number of nitrogens with zero attached hydrogens (tertiary/aromatic N) is 2. The average Bonchev–Trinajstić information content (AvgIpc) is 2.78. The smallest absolute Gasteiger partial charge is 0.149 e. The van der Waals surface area contributed by atoms with Gasteiger partial charge < -0.3 is 9.62 Å². The van der Waals surface area contributed by atoms with Gasteiger partial charge in [0.2, 0.25) is 0 Å². The lowest BCUT2D eigenvalue weighted by molar-refractivity contribution is 0.321. The molecule has 78 valence electrons. The Hall–Kier alpha value is -2.54. The highest BCUT2D eigenvalue weighted by atomic mass is 16.4. The van der Waals surface area contributed by atoms with E-state index in [4.69, 9.17) is 14.9 Å². The van der Waals surface area contributed by atoms with Gasteiger partial charge in [0.05, 0.1) is 11.6 Å². The maximum atomic E-state index is 8.93. The van der Waals surface area contributed by atoms with E-state index in [1.807, 2.05) is 6.07 Å². The van der Waals surface area contributed by atoms with Gasteiger partial charge in [0.15, 0.2) is 0 Å². The summed E-state index contributed by atoms with van der Waals surface area (Å²) in [5.41, 5.74) is 1.27. The van der Waals surface area contributed by atoms with E-state index in [2.05, 4.69) is 11.2 Å². The molecule has 0 amide bonds. The Balaban J connectivity index is 2.47. The minimum absolute atomic E-state index is 0.435. The van der Waals surface area contributed by atoms with Gasteiger partial charge in [0.25, 0.3) is 0 Å². The van der Waals surface area contributed by atoms with Crippen LogP contribution in [-0.4, -0.2) is 11.4 Å². The summed E-state index contributed by atoms with van der Waals surface area (Å²) >= 11 is 0. The molecule has 1 heterocycles. The van der Waals surface area contributed by atoms with Gasteiger partial charge in [-0.2, -0.15) is 5.26 Å². The second-order valence-corrected chi connectivity index (χ2v) is 3.10. The Labute approximate surface area is 92.0 Å². The van der Waals surface area contributed by atoms with Crippen LogP contribution < -0.4 is 0 Å². The van der Waals surface area contributed by atoms with Crippen molar-refractivity contribution >= 4 is 6.21 Å². The van der Waals surface area contributed by atoms with Gasteiger partial charge in [0.1, 0.15) is 17.7 Å². The van der Waals surface area contributed by atoms with Crippen molar-refractivity contribution in [2.75, 3.05) is 0 Å². The van der Waals surface area contributed by atoms with Gasteiger partial charge in [-0.25, -0.2) is 0 Å². The molecule has 1 N–H and O–H groups in total. The van der Waals surface area contributed by atoms with Crippen LogP contribution in [0.5, 0.6) is 0 Å². The molecule has 0 aliphatic carbocycles. The first-order chi connectivity index (χ1) is 7.85. The summed E-state index contributed by atoms with van der Waals surface area (Å²) in [4.78, 5) is 0. The van der Waals surface area contributed by atoms with Crippen LogP contribution >= 0.6 is 0 Å². The van der Waals surface area contributed by atoms with E-state index in [1.165, 1.54) is 6.21 Å². The fourth-order valence-electron chi connectivity index (χ4n) is 1.42. The first kappa shape index (κ1) is 9.99. The molecule has 0 spiro atoms. The SMILES string of the molecule is N#Cc1ccccc1-c1ccc(/C=N\O)o1. The van der Waals surface area contributed by atoms with Gasteiger partial charge in [-0.05, 0) is 24.3 Å². The summed E-state index contributed by atoms with van der Waals surface area (Å²) in [6, 6.07) is 12.6. The number of hydrogen-bond donors (Lipinski definition) is 1. The Morgan fingerprint density at radius 1 is 1.25 bits per heavy atom. The van der Waals surface area contributed by atoms with E-state index in [1.54, 1.807) is 30.3 Å². The molecular formula is C12H8N2O2. The molecule has 0 radical (unpaired) electrons. The normalized spacial score (nSPS) is 10.4. The van der Waals surface area contributed by atoms with Crippen molar-refractivity contribution in [3.05, 3.63) is 47.7 Å². The van der Waals surface area contributed by atoms with E-state index in [-0.39, 0.29) is 0 Å². The third kappa shape index (κ3) is 1.79. The van der Waals surface area contributed by atoms with E-state index in [0.717, 1.165) is 5.56 Å². The summed E-state index contributed by atoms with van der Waals surface area (Å²) in [6.07, 6.45) is 1.19. The highest BCUT2D eigenvalue weighted by Gasteiger charge is 2.07. The minimum Gasteiger partial charge on any atom is -0.455 e. The first-order valence-electron chi connectivity index (χ1n) is 4.62. The standard InChI is InChI=1S/C12H8N2O2/c13-7-9-3-1-2-4-11(9)12-6-5-10(16-12)8-14-15/h1-6,8,15H/b14-8-. The highest BCUT2D eigenvalue weighted by molar-refractivity contribution is 5.77. The molecule has 4 heteroatoms. The first-order valence-corrected chi connectivity index (χ1v) is 4.62. The molecule has 0 atom stereocenters. The molecule has 0 bridgehead atoms. The van der Waals surface area contributed by atoms with E-state index in [0.29, 0.717) is 17.1 Å². The fourth-order valence-corrected chi connectivity index (χ4v) is 1.42. The average molecular weight is 212 g/mol. The molecule has 1 aromatic heterocycles. The van der Waals surface area contributed by atoms with Crippen LogP contribution in [0, 0.1) is 11.3 Å². The molecule has 0 saturated carbocycles. The zero-order valence-corrected chi connectivity index (χ0v) is 8.29. The molecule has 2 rings (SSSR count). The lowest BCUT2D eigenvalue weighted by Gasteiger charge is -1.98. The van der Waals surface area contributed by atoms with Crippen LogP contribution in [0.25, 0.3) is 11.3 Å². The number of rotatable bonds is 2. The molecule has 0 saturated heterocycles. The molecule has 2 aromatic rings. The molecule has 0 aliphatic heterocycles. The number of furan rings is 1. The Morgan fingerprint density at radius 2 is 2.06 bits per heavy atom. The molecule has 0 unspecified atom stereocenters. The number of benzene rings is 1. The van der Waals surface area contributed by atoms with Crippen molar-refractivity contribution < 1.29 is 9.62 Å². The van der Waals surface area contributed by atoms with Crippen molar-refractivity contribution in [1.29, 1.82) is 5.26 Å². The third-order valence-electron chi connectivity index (χ3n) is 2.12. The summed E-state index contributed by atoms with van der Waals surface area (Å²) in [5, 5.41) is 20.2.